The van der Waals surface area contributed by atoms with Gasteiger partial charge in [-0.3, -0.25) is 9.69 Å². The molecule has 0 unspecified atom stereocenters. The van der Waals surface area contributed by atoms with Gasteiger partial charge in [-0.25, -0.2) is 4.39 Å². The predicted octanol–water partition coefficient (Wildman–Crippen LogP) is 3.72. The monoisotopic (exact) mass is 328 g/mol. The minimum absolute atomic E-state index is 0.0914. The summed E-state index contributed by atoms with van der Waals surface area (Å²) < 4.78 is 13.3. The summed E-state index contributed by atoms with van der Waals surface area (Å²) in [5.41, 5.74) is 2.05. The molecule has 0 saturated carbocycles. The normalized spacial score (nSPS) is 12.2. The largest absolute Gasteiger partial charge is 0.342 e. The van der Waals surface area contributed by atoms with Gasteiger partial charge in [0.25, 0.3) is 0 Å². The van der Waals surface area contributed by atoms with E-state index in [-0.39, 0.29) is 17.8 Å². The van der Waals surface area contributed by atoms with Crippen LogP contribution in [-0.4, -0.2) is 42.4 Å². The highest BCUT2D eigenvalue weighted by Gasteiger charge is 2.22. The highest BCUT2D eigenvalue weighted by Crippen LogP contribution is 2.27. The van der Waals surface area contributed by atoms with E-state index in [1.54, 1.807) is 12.1 Å². The van der Waals surface area contributed by atoms with Gasteiger partial charge in [-0.2, -0.15) is 0 Å². The molecule has 0 saturated heterocycles. The Labute approximate surface area is 143 Å². The maximum Gasteiger partial charge on any atom is 0.236 e. The number of benzene rings is 2. The molecule has 2 aromatic rings. The van der Waals surface area contributed by atoms with Gasteiger partial charge in [0.2, 0.25) is 5.91 Å². The Hall–Kier alpha value is -2.20. The smallest absolute Gasteiger partial charge is 0.236 e. The van der Waals surface area contributed by atoms with Gasteiger partial charge in [0.1, 0.15) is 5.82 Å². The third-order valence-corrected chi connectivity index (χ3v) is 4.24. The average Bonchev–Trinajstić information content (AvgIpc) is 2.59. The summed E-state index contributed by atoms with van der Waals surface area (Å²) in [5, 5.41) is 0. The average molecular weight is 328 g/mol. The van der Waals surface area contributed by atoms with Gasteiger partial charge < -0.3 is 4.90 Å². The zero-order valence-electron chi connectivity index (χ0n) is 14.6. The van der Waals surface area contributed by atoms with Crippen molar-refractivity contribution in [3.63, 3.8) is 0 Å². The second kappa shape index (κ2) is 8.60. The van der Waals surface area contributed by atoms with Gasteiger partial charge in [-0.1, -0.05) is 42.5 Å². The molecule has 0 radical (unpaired) electrons. The second-order valence-electron chi connectivity index (χ2n) is 5.85. The molecule has 3 nitrogen and oxygen atoms in total. The van der Waals surface area contributed by atoms with E-state index in [9.17, 15) is 9.18 Å². The Morgan fingerprint density at radius 1 is 0.958 bits per heavy atom. The van der Waals surface area contributed by atoms with Gasteiger partial charge in [0, 0.05) is 13.1 Å². The van der Waals surface area contributed by atoms with Crippen LogP contribution in [0.2, 0.25) is 0 Å². The van der Waals surface area contributed by atoms with E-state index in [0.717, 1.165) is 11.1 Å². The van der Waals surface area contributed by atoms with Gasteiger partial charge >= 0.3 is 0 Å². The lowest BCUT2D eigenvalue weighted by Crippen LogP contribution is -2.40. The van der Waals surface area contributed by atoms with Crippen molar-refractivity contribution in [1.82, 2.24) is 9.80 Å². The molecule has 2 aromatic carbocycles. The molecular formula is C20H25FN2O. The van der Waals surface area contributed by atoms with E-state index in [0.29, 0.717) is 19.6 Å². The van der Waals surface area contributed by atoms with Gasteiger partial charge in [-0.05, 0) is 44.2 Å². The van der Waals surface area contributed by atoms with Gasteiger partial charge in [0.15, 0.2) is 0 Å². The molecular weight excluding hydrogens is 303 g/mol. The van der Waals surface area contributed by atoms with Crippen LogP contribution < -0.4 is 0 Å². The van der Waals surface area contributed by atoms with E-state index >= 15 is 0 Å². The maximum absolute atomic E-state index is 13.3. The number of amides is 1. The molecule has 2 rings (SSSR count). The highest BCUT2D eigenvalue weighted by atomic mass is 19.1. The quantitative estimate of drug-likeness (QED) is 0.773. The van der Waals surface area contributed by atoms with E-state index in [4.69, 9.17) is 0 Å². The third-order valence-electron chi connectivity index (χ3n) is 4.24. The lowest BCUT2D eigenvalue weighted by Gasteiger charge is -2.30. The molecule has 0 bridgehead atoms. The number of likely N-dealkylation sites (N-methyl/N-ethyl adjacent to an activating group) is 2. The van der Waals surface area contributed by atoms with E-state index in [1.165, 1.54) is 12.1 Å². The Bertz CT molecular complexity index is 638. The molecule has 0 fully saturated rings. The summed E-state index contributed by atoms with van der Waals surface area (Å²) in [5.74, 6) is -0.155. The summed E-state index contributed by atoms with van der Waals surface area (Å²) in [4.78, 5) is 16.3. The fourth-order valence-electron chi connectivity index (χ4n) is 2.96. The lowest BCUT2D eigenvalue weighted by molar-refractivity contribution is -0.132. The highest BCUT2D eigenvalue weighted by molar-refractivity contribution is 5.78. The first-order valence-corrected chi connectivity index (χ1v) is 8.35. The molecule has 0 aliphatic rings. The Morgan fingerprint density at radius 2 is 1.50 bits per heavy atom. The standard InChI is InChI=1S/C20H25FN2O/c1-4-23(5-2)19(24)15-22(3)20(16-9-7-6-8-10-16)17-11-13-18(21)14-12-17/h6-14,20H,4-5,15H2,1-3H3/t20-/m1/s1. The van der Waals surface area contributed by atoms with E-state index < -0.39 is 0 Å². The van der Waals surface area contributed by atoms with Crippen molar-refractivity contribution in [3.8, 4) is 0 Å². The number of hydrogen-bond acceptors (Lipinski definition) is 2. The van der Waals surface area contributed by atoms with Crippen LogP contribution in [0.4, 0.5) is 4.39 Å². The van der Waals surface area contributed by atoms with Crippen LogP contribution in [0.25, 0.3) is 0 Å². The Kier molecular flexibility index (Phi) is 6.50. The minimum atomic E-state index is -0.257. The number of carbonyl (C=O) groups is 1. The van der Waals surface area contributed by atoms with Crippen LogP contribution in [-0.2, 0) is 4.79 Å². The van der Waals surface area contributed by atoms with E-state index in [2.05, 4.69) is 0 Å². The fraction of sp³-hybridized carbons (Fsp3) is 0.350. The van der Waals surface area contributed by atoms with E-state index in [1.807, 2.05) is 61.0 Å². The zero-order chi connectivity index (χ0) is 17.5. The van der Waals surface area contributed by atoms with Crippen molar-refractivity contribution in [3.05, 3.63) is 71.5 Å². The van der Waals surface area contributed by atoms with Crippen LogP contribution in [0.15, 0.2) is 54.6 Å². The third kappa shape index (κ3) is 4.42. The van der Waals surface area contributed by atoms with Crippen LogP contribution in [0.5, 0.6) is 0 Å². The first-order chi connectivity index (χ1) is 11.6. The Morgan fingerprint density at radius 3 is 2.04 bits per heavy atom. The lowest BCUT2D eigenvalue weighted by atomic mass is 9.97. The van der Waals surface area contributed by atoms with Gasteiger partial charge in [-0.15, -0.1) is 0 Å². The molecule has 4 heteroatoms. The molecule has 1 atom stereocenters. The summed E-state index contributed by atoms with van der Waals surface area (Å²) in [6.07, 6.45) is 0. The van der Waals surface area contributed by atoms with Crippen molar-refractivity contribution in [2.45, 2.75) is 19.9 Å². The summed E-state index contributed by atoms with van der Waals surface area (Å²) in [6.45, 7) is 5.69. The Balaban J connectivity index is 2.29. The second-order valence-corrected chi connectivity index (χ2v) is 5.85. The van der Waals surface area contributed by atoms with Crippen molar-refractivity contribution < 1.29 is 9.18 Å². The topological polar surface area (TPSA) is 23.6 Å². The molecule has 0 aromatic heterocycles. The minimum Gasteiger partial charge on any atom is -0.342 e. The van der Waals surface area contributed by atoms with Crippen LogP contribution in [0.1, 0.15) is 31.0 Å². The first kappa shape index (κ1) is 18.1. The number of carbonyl (C=O) groups excluding carboxylic acids is 1. The molecule has 1 amide bonds. The molecule has 0 aliphatic carbocycles. The maximum atomic E-state index is 13.3. The number of rotatable bonds is 7. The fourth-order valence-corrected chi connectivity index (χ4v) is 2.96. The molecule has 0 aliphatic heterocycles. The predicted molar refractivity (Wildman–Crippen MR) is 95.2 cm³/mol. The number of nitrogens with zero attached hydrogens (tertiary/aromatic N) is 2. The molecule has 128 valence electrons. The van der Waals surface area contributed by atoms with Crippen LogP contribution in [0.3, 0.4) is 0 Å². The first-order valence-electron chi connectivity index (χ1n) is 8.35. The summed E-state index contributed by atoms with van der Waals surface area (Å²) in [7, 11) is 1.93. The van der Waals surface area contributed by atoms with Crippen molar-refractivity contribution in [2.75, 3.05) is 26.7 Å². The number of hydrogen-bond donors (Lipinski definition) is 0. The summed E-state index contributed by atoms with van der Waals surface area (Å²) in [6, 6.07) is 16.4. The number of halogens is 1. The molecule has 0 spiro atoms. The van der Waals surface area contributed by atoms with Crippen molar-refractivity contribution >= 4 is 5.91 Å². The van der Waals surface area contributed by atoms with Crippen molar-refractivity contribution in [2.24, 2.45) is 0 Å². The SMILES string of the molecule is CCN(CC)C(=O)CN(C)[C@H](c1ccccc1)c1ccc(F)cc1. The molecule has 0 heterocycles. The van der Waals surface area contributed by atoms with Crippen molar-refractivity contribution in [1.29, 1.82) is 0 Å². The zero-order valence-corrected chi connectivity index (χ0v) is 14.6. The molecule has 0 N–H and O–H groups in total. The summed E-state index contributed by atoms with van der Waals surface area (Å²) >= 11 is 0. The molecule has 24 heavy (non-hydrogen) atoms. The van der Waals surface area contributed by atoms with Gasteiger partial charge in [0.05, 0.1) is 12.6 Å². The van der Waals surface area contributed by atoms with Crippen LogP contribution >= 0.6 is 0 Å². The van der Waals surface area contributed by atoms with Crippen LogP contribution in [0, 0.1) is 5.82 Å².